The van der Waals surface area contributed by atoms with Gasteiger partial charge in [0.2, 0.25) is 0 Å². The van der Waals surface area contributed by atoms with E-state index in [2.05, 4.69) is 10.3 Å². The normalized spacial score (nSPS) is 20.3. The predicted octanol–water partition coefficient (Wildman–Crippen LogP) is 2.85. The maximum atomic E-state index is 12.7. The summed E-state index contributed by atoms with van der Waals surface area (Å²) in [6, 6.07) is 0.430. The van der Waals surface area contributed by atoms with E-state index >= 15 is 0 Å². The number of pyridine rings is 1. The predicted molar refractivity (Wildman–Crippen MR) is 67.9 cm³/mol. The molecule has 2 unspecified atom stereocenters. The quantitative estimate of drug-likeness (QED) is 0.683. The lowest BCUT2D eigenvalue weighted by molar-refractivity contribution is -0.384. The van der Waals surface area contributed by atoms with Crippen LogP contribution in [0.4, 0.5) is 24.5 Å². The summed E-state index contributed by atoms with van der Waals surface area (Å²) in [4.78, 5) is 13.3. The van der Waals surface area contributed by atoms with Crippen LogP contribution < -0.4 is 5.32 Å². The lowest BCUT2D eigenvalue weighted by atomic mass is 10.0. The van der Waals surface area contributed by atoms with Crippen LogP contribution in [-0.2, 0) is 10.9 Å². The molecule has 1 aromatic heterocycles. The number of aromatic nitrogens is 1. The van der Waals surface area contributed by atoms with E-state index in [0.717, 1.165) is 6.42 Å². The first kappa shape index (κ1) is 15.5. The summed E-state index contributed by atoms with van der Waals surface area (Å²) in [6.45, 7) is 2.83. The highest BCUT2D eigenvalue weighted by Crippen LogP contribution is 2.34. The van der Waals surface area contributed by atoms with Gasteiger partial charge in [0, 0.05) is 18.6 Å². The summed E-state index contributed by atoms with van der Waals surface area (Å²) < 4.78 is 43.2. The van der Waals surface area contributed by atoms with E-state index in [0.29, 0.717) is 25.5 Å². The number of hydrogen-bond acceptors (Lipinski definition) is 5. The Morgan fingerprint density at radius 2 is 2.29 bits per heavy atom. The molecule has 0 amide bonds. The number of rotatable bonds is 4. The maximum absolute atomic E-state index is 12.7. The second-order valence-corrected chi connectivity index (χ2v) is 4.90. The number of nitro groups is 1. The molecule has 0 spiro atoms. The number of nitrogens with zero attached hydrogens (tertiary/aromatic N) is 2. The topological polar surface area (TPSA) is 77.3 Å². The molecule has 1 aromatic rings. The summed E-state index contributed by atoms with van der Waals surface area (Å²) >= 11 is 0. The van der Waals surface area contributed by atoms with E-state index in [1.807, 2.05) is 0 Å². The van der Waals surface area contributed by atoms with E-state index in [4.69, 9.17) is 4.74 Å². The van der Waals surface area contributed by atoms with Gasteiger partial charge in [0.1, 0.15) is 17.6 Å². The average molecular weight is 305 g/mol. The van der Waals surface area contributed by atoms with Gasteiger partial charge in [-0.15, -0.1) is 0 Å². The van der Waals surface area contributed by atoms with Crippen molar-refractivity contribution < 1.29 is 22.8 Å². The minimum atomic E-state index is -4.65. The van der Waals surface area contributed by atoms with Crippen LogP contribution >= 0.6 is 0 Å². The molecule has 21 heavy (non-hydrogen) atoms. The first-order valence-corrected chi connectivity index (χ1v) is 6.35. The second kappa shape index (κ2) is 5.84. The van der Waals surface area contributed by atoms with Gasteiger partial charge in [-0.25, -0.2) is 4.98 Å². The molecule has 1 aliphatic heterocycles. The molecule has 116 valence electrons. The van der Waals surface area contributed by atoms with Gasteiger partial charge in [-0.2, -0.15) is 13.2 Å². The molecule has 1 saturated heterocycles. The van der Waals surface area contributed by atoms with Crippen LogP contribution in [0.3, 0.4) is 0 Å². The fraction of sp³-hybridized carbons (Fsp3) is 0.583. The zero-order valence-corrected chi connectivity index (χ0v) is 11.2. The fourth-order valence-electron chi connectivity index (χ4n) is 2.17. The van der Waals surface area contributed by atoms with E-state index < -0.39 is 22.5 Å². The third-order valence-corrected chi connectivity index (χ3v) is 3.43. The van der Waals surface area contributed by atoms with E-state index in [1.165, 1.54) is 0 Å². The van der Waals surface area contributed by atoms with Crippen molar-refractivity contribution in [2.75, 3.05) is 18.5 Å². The Balaban J connectivity index is 2.27. The third-order valence-electron chi connectivity index (χ3n) is 3.43. The molecular weight excluding hydrogens is 291 g/mol. The monoisotopic (exact) mass is 305 g/mol. The van der Waals surface area contributed by atoms with Crippen LogP contribution in [0.25, 0.3) is 0 Å². The Labute approximate surface area is 118 Å². The Kier molecular flexibility index (Phi) is 4.31. The number of nitrogens with one attached hydrogen (secondary N) is 1. The summed E-state index contributed by atoms with van der Waals surface area (Å²) in [6.07, 6.45) is -3.26. The van der Waals surface area contributed by atoms with Crippen LogP contribution in [0.5, 0.6) is 0 Å². The van der Waals surface area contributed by atoms with Crippen LogP contribution in [0.1, 0.15) is 19.0 Å². The molecule has 6 nitrogen and oxygen atoms in total. The van der Waals surface area contributed by atoms with Gasteiger partial charge >= 0.3 is 11.9 Å². The highest BCUT2D eigenvalue weighted by atomic mass is 19.4. The Morgan fingerprint density at radius 3 is 2.81 bits per heavy atom. The molecule has 0 saturated carbocycles. The van der Waals surface area contributed by atoms with Crippen molar-refractivity contribution in [2.45, 2.75) is 25.6 Å². The maximum Gasteiger partial charge on any atom is 0.433 e. The number of anilines is 1. The van der Waals surface area contributed by atoms with E-state index in [1.54, 1.807) is 6.92 Å². The van der Waals surface area contributed by atoms with Crippen LogP contribution in [-0.4, -0.2) is 29.2 Å². The van der Waals surface area contributed by atoms with Crippen LogP contribution in [0.15, 0.2) is 12.3 Å². The minimum Gasteiger partial charge on any atom is -0.381 e. The lowest BCUT2D eigenvalue weighted by Gasteiger charge is -2.20. The van der Waals surface area contributed by atoms with Crippen molar-refractivity contribution >= 4 is 11.4 Å². The number of halogens is 3. The van der Waals surface area contributed by atoms with Gasteiger partial charge < -0.3 is 10.1 Å². The molecule has 2 heterocycles. The Bertz CT molecular complexity index is 530. The summed E-state index contributed by atoms with van der Waals surface area (Å²) in [7, 11) is 0. The van der Waals surface area contributed by atoms with Crippen molar-refractivity contribution in [3.05, 3.63) is 28.1 Å². The standard InChI is InChI=1S/C12H14F3N3O3/c1-7(8-2-3-21-6-8)17-9-4-11(12(13,14)15)16-5-10(9)18(19)20/h4-5,7-8H,2-3,6H2,1H3,(H,16,17). The summed E-state index contributed by atoms with van der Waals surface area (Å²) in [5.74, 6) is 0.104. The Morgan fingerprint density at radius 1 is 1.57 bits per heavy atom. The molecule has 0 radical (unpaired) electrons. The minimum absolute atomic E-state index is 0.104. The van der Waals surface area contributed by atoms with Gasteiger partial charge in [-0.3, -0.25) is 10.1 Å². The smallest absolute Gasteiger partial charge is 0.381 e. The summed E-state index contributed by atoms with van der Waals surface area (Å²) in [5.41, 5.74) is -1.82. The van der Waals surface area contributed by atoms with Crippen molar-refractivity contribution in [1.29, 1.82) is 0 Å². The number of hydrogen-bond donors (Lipinski definition) is 1. The largest absolute Gasteiger partial charge is 0.433 e. The molecule has 1 N–H and O–H groups in total. The SMILES string of the molecule is CC(Nc1cc(C(F)(F)F)ncc1[N+](=O)[O-])C1CCOC1. The van der Waals surface area contributed by atoms with Crippen molar-refractivity contribution in [3.8, 4) is 0 Å². The third kappa shape index (κ3) is 3.60. The van der Waals surface area contributed by atoms with Crippen molar-refractivity contribution in [1.82, 2.24) is 4.98 Å². The van der Waals surface area contributed by atoms with Crippen molar-refractivity contribution in [2.24, 2.45) is 5.92 Å². The van der Waals surface area contributed by atoms with Gasteiger partial charge in [0.15, 0.2) is 0 Å². The van der Waals surface area contributed by atoms with Gasteiger partial charge in [-0.05, 0) is 19.4 Å². The molecule has 2 atom stereocenters. The van der Waals surface area contributed by atoms with Gasteiger partial charge in [0.05, 0.1) is 11.5 Å². The van der Waals surface area contributed by atoms with E-state index in [9.17, 15) is 23.3 Å². The molecule has 0 bridgehead atoms. The first-order valence-electron chi connectivity index (χ1n) is 6.35. The number of alkyl halides is 3. The van der Waals surface area contributed by atoms with Gasteiger partial charge in [-0.1, -0.05) is 0 Å². The second-order valence-electron chi connectivity index (χ2n) is 4.90. The average Bonchev–Trinajstić information content (AvgIpc) is 2.91. The van der Waals surface area contributed by atoms with E-state index in [-0.39, 0.29) is 17.6 Å². The van der Waals surface area contributed by atoms with Crippen molar-refractivity contribution in [3.63, 3.8) is 0 Å². The molecule has 1 aliphatic rings. The highest BCUT2D eigenvalue weighted by Gasteiger charge is 2.35. The Hall–Kier alpha value is -1.90. The van der Waals surface area contributed by atoms with Crippen LogP contribution in [0, 0.1) is 16.0 Å². The highest BCUT2D eigenvalue weighted by molar-refractivity contribution is 5.61. The molecule has 2 rings (SSSR count). The lowest BCUT2D eigenvalue weighted by Crippen LogP contribution is -2.26. The van der Waals surface area contributed by atoms with Crippen LogP contribution in [0.2, 0.25) is 0 Å². The molecule has 0 aliphatic carbocycles. The summed E-state index contributed by atoms with van der Waals surface area (Å²) in [5, 5.41) is 13.7. The zero-order chi connectivity index (χ0) is 15.6. The molecule has 0 aromatic carbocycles. The molecule has 1 fully saturated rings. The number of ether oxygens (including phenoxy) is 1. The fourth-order valence-corrected chi connectivity index (χ4v) is 2.17. The first-order chi connectivity index (χ1) is 9.79. The van der Waals surface area contributed by atoms with Gasteiger partial charge in [0.25, 0.3) is 0 Å². The molecular formula is C12H14F3N3O3. The molecule has 9 heteroatoms. The zero-order valence-electron chi connectivity index (χ0n) is 11.2.